The zero-order valence-corrected chi connectivity index (χ0v) is 12.4. The summed E-state index contributed by atoms with van der Waals surface area (Å²) in [5, 5.41) is 5.88. The molecule has 0 fully saturated rings. The standard InChI is InChI=1S/C17H11Cl2NO/c18-14-8-15(19)10-16(9-14)20-17(21)13-6-5-11-3-1-2-4-12(11)7-13/h1-10H,(H,20,21). The average Bonchev–Trinajstić information content (AvgIpc) is 2.45. The highest BCUT2D eigenvalue weighted by atomic mass is 35.5. The fourth-order valence-electron chi connectivity index (χ4n) is 2.16. The zero-order valence-electron chi connectivity index (χ0n) is 10.9. The minimum absolute atomic E-state index is 0.195. The lowest BCUT2D eigenvalue weighted by Crippen LogP contribution is -2.11. The molecule has 0 unspecified atom stereocenters. The number of anilines is 1. The lowest BCUT2D eigenvalue weighted by atomic mass is 10.1. The van der Waals surface area contributed by atoms with Crippen LogP contribution in [0.2, 0.25) is 10.0 Å². The van der Waals surface area contributed by atoms with Crippen molar-refractivity contribution < 1.29 is 4.79 Å². The van der Waals surface area contributed by atoms with Gasteiger partial charge in [0.1, 0.15) is 0 Å². The third-order valence-electron chi connectivity index (χ3n) is 3.13. The van der Waals surface area contributed by atoms with E-state index in [0.717, 1.165) is 10.8 Å². The molecule has 4 heteroatoms. The molecule has 0 aromatic heterocycles. The summed E-state index contributed by atoms with van der Waals surface area (Å²) in [6.45, 7) is 0. The highest BCUT2D eigenvalue weighted by molar-refractivity contribution is 6.35. The molecule has 0 aliphatic rings. The maximum atomic E-state index is 12.3. The van der Waals surface area contributed by atoms with Gasteiger partial charge in [0.15, 0.2) is 0 Å². The van der Waals surface area contributed by atoms with Gasteiger partial charge in [-0.1, -0.05) is 53.5 Å². The van der Waals surface area contributed by atoms with Crippen LogP contribution in [0.5, 0.6) is 0 Å². The Kier molecular flexibility index (Phi) is 3.82. The van der Waals surface area contributed by atoms with Gasteiger partial charge in [0.2, 0.25) is 0 Å². The van der Waals surface area contributed by atoms with Crippen molar-refractivity contribution in [2.24, 2.45) is 0 Å². The van der Waals surface area contributed by atoms with Crippen LogP contribution in [0.1, 0.15) is 10.4 Å². The fraction of sp³-hybridized carbons (Fsp3) is 0. The largest absolute Gasteiger partial charge is 0.322 e. The summed E-state index contributed by atoms with van der Waals surface area (Å²) in [7, 11) is 0. The topological polar surface area (TPSA) is 29.1 Å². The number of hydrogen-bond acceptors (Lipinski definition) is 1. The van der Waals surface area contributed by atoms with Crippen LogP contribution in [0.4, 0.5) is 5.69 Å². The van der Waals surface area contributed by atoms with Gasteiger partial charge in [-0.25, -0.2) is 0 Å². The highest BCUT2D eigenvalue weighted by Gasteiger charge is 2.08. The van der Waals surface area contributed by atoms with E-state index < -0.39 is 0 Å². The van der Waals surface area contributed by atoms with Gasteiger partial charge in [-0.05, 0) is 41.1 Å². The van der Waals surface area contributed by atoms with Crippen LogP contribution in [0, 0.1) is 0 Å². The van der Waals surface area contributed by atoms with E-state index in [-0.39, 0.29) is 5.91 Å². The minimum Gasteiger partial charge on any atom is -0.322 e. The van der Waals surface area contributed by atoms with Gasteiger partial charge in [0.05, 0.1) is 0 Å². The molecule has 1 amide bonds. The number of rotatable bonds is 2. The van der Waals surface area contributed by atoms with Crippen LogP contribution in [0.15, 0.2) is 60.7 Å². The zero-order chi connectivity index (χ0) is 14.8. The molecule has 0 bridgehead atoms. The number of amides is 1. The third kappa shape index (κ3) is 3.18. The van der Waals surface area contributed by atoms with E-state index in [1.54, 1.807) is 24.3 Å². The van der Waals surface area contributed by atoms with E-state index in [9.17, 15) is 4.79 Å². The van der Waals surface area contributed by atoms with E-state index >= 15 is 0 Å². The second-order valence-corrected chi connectivity index (χ2v) is 5.55. The highest BCUT2D eigenvalue weighted by Crippen LogP contribution is 2.23. The van der Waals surface area contributed by atoms with Crippen molar-refractivity contribution in [3.63, 3.8) is 0 Å². The Bertz CT molecular complexity index is 810. The summed E-state index contributed by atoms with van der Waals surface area (Å²) >= 11 is 11.8. The summed E-state index contributed by atoms with van der Waals surface area (Å²) in [4.78, 5) is 12.3. The number of benzene rings is 3. The summed E-state index contributed by atoms with van der Waals surface area (Å²) in [6.07, 6.45) is 0. The number of carbonyl (C=O) groups excluding carboxylic acids is 1. The first kappa shape index (κ1) is 13.9. The Labute approximate surface area is 132 Å². The number of nitrogens with one attached hydrogen (secondary N) is 1. The predicted octanol–water partition coefficient (Wildman–Crippen LogP) is 5.40. The van der Waals surface area contributed by atoms with Crippen LogP contribution >= 0.6 is 23.2 Å². The first-order valence-electron chi connectivity index (χ1n) is 6.38. The minimum atomic E-state index is -0.195. The second-order valence-electron chi connectivity index (χ2n) is 4.67. The van der Waals surface area contributed by atoms with Crippen LogP contribution in [0.25, 0.3) is 10.8 Å². The Balaban J connectivity index is 1.89. The van der Waals surface area contributed by atoms with Crippen LogP contribution in [-0.4, -0.2) is 5.91 Å². The lowest BCUT2D eigenvalue weighted by Gasteiger charge is -2.07. The maximum absolute atomic E-state index is 12.3. The summed E-state index contributed by atoms with van der Waals surface area (Å²) < 4.78 is 0. The normalized spacial score (nSPS) is 10.6. The van der Waals surface area contributed by atoms with Crippen molar-refractivity contribution in [3.8, 4) is 0 Å². The average molecular weight is 316 g/mol. The molecule has 0 aliphatic carbocycles. The Morgan fingerprint density at radius 2 is 1.48 bits per heavy atom. The molecule has 0 spiro atoms. The van der Waals surface area contributed by atoms with Gasteiger partial charge in [0, 0.05) is 21.3 Å². The Morgan fingerprint density at radius 1 is 0.810 bits per heavy atom. The van der Waals surface area contributed by atoms with E-state index in [4.69, 9.17) is 23.2 Å². The first-order chi connectivity index (χ1) is 10.1. The predicted molar refractivity (Wildman–Crippen MR) is 88.4 cm³/mol. The molecule has 0 heterocycles. The van der Waals surface area contributed by atoms with Crippen LogP contribution in [0.3, 0.4) is 0 Å². The van der Waals surface area contributed by atoms with E-state index in [1.807, 2.05) is 36.4 Å². The molecule has 2 nitrogen and oxygen atoms in total. The van der Waals surface area contributed by atoms with Crippen molar-refractivity contribution in [1.82, 2.24) is 0 Å². The molecule has 3 aromatic rings. The number of hydrogen-bond donors (Lipinski definition) is 1. The van der Waals surface area contributed by atoms with Crippen molar-refractivity contribution >= 4 is 45.6 Å². The number of halogens is 2. The molecule has 0 saturated heterocycles. The second kappa shape index (κ2) is 5.76. The molecule has 0 radical (unpaired) electrons. The first-order valence-corrected chi connectivity index (χ1v) is 7.14. The van der Waals surface area contributed by atoms with Gasteiger partial charge >= 0.3 is 0 Å². The number of fused-ring (bicyclic) bond motifs is 1. The molecule has 3 aromatic carbocycles. The third-order valence-corrected chi connectivity index (χ3v) is 3.57. The van der Waals surface area contributed by atoms with Gasteiger partial charge < -0.3 is 5.32 Å². The monoisotopic (exact) mass is 315 g/mol. The van der Waals surface area contributed by atoms with Crippen molar-refractivity contribution in [3.05, 3.63) is 76.3 Å². The number of carbonyl (C=O) groups is 1. The van der Waals surface area contributed by atoms with Gasteiger partial charge in [-0.2, -0.15) is 0 Å². The molecule has 0 aliphatic heterocycles. The smallest absolute Gasteiger partial charge is 0.255 e. The SMILES string of the molecule is O=C(Nc1cc(Cl)cc(Cl)c1)c1ccc2ccccc2c1. The van der Waals surface area contributed by atoms with Gasteiger partial charge in [-0.3, -0.25) is 4.79 Å². The van der Waals surface area contributed by atoms with Crippen molar-refractivity contribution in [2.45, 2.75) is 0 Å². The van der Waals surface area contributed by atoms with Crippen molar-refractivity contribution in [2.75, 3.05) is 5.32 Å². The van der Waals surface area contributed by atoms with E-state index in [1.165, 1.54) is 0 Å². The molecule has 3 rings (SSSR count). The molecule has 104 valence electrons. The molecule has 0 saturated carbocycles. The van der Waals surface area contributed by atoms with E-state index in [0.29, 0.717) is 21.3 Å². The summed E-state index contributed by atoms with van der Waals surface area (Å²) in [5.74, 6) is -0.195. The molecular weight excluding hydrogens is 305 g/mol. The van der Waals surface area contributed by atoms with Crippen LogP contribution in [-0.2, 0) is 0 Å². The fourth-order valence-corrected chi connectivity index (χ4v) is 2.69. The summed E-state index contributed by atoms with van der Waals surface area (Å²) in [5.41, 5.74) is 1.16. The van der Waals surface area contributed by atoms with Gasteiger partial charge in [0.25, 0.3) is 5.91 Å². The van der Waals surface area contributed by atoms with Crippen LogP contribution < -0.4 is 5.32 Å². The van der Waals surface area contributed by atoms with Crippen molar-refractivity contribution in [1.29, 1.82) is 0 Å². The Hall–Kier alpha value is -2.03. The summed E-state index contributed by atoms with van der Waals surface area (Å²) in [6, 6.07) is 18.4. The molecule has 0 atom stereocenters. The van der Waals surface area contributed by atoms with Gasteiger partial charge in [-0.15, -0.1) is 0 Å². The lowest BCUT2D eigenvalue weighted by molar-refractivity contribution is 0.102. The quantitative estimate of drug-likeness (QED) is 0.674. The molecule has 1 N–H and O–H groups in total. The molecule has 21 heavy (non-hydrogen) atoms. The van der Waals surface area contributed by atoms with E-state index in [2.05, 4.69) is 5.32 Å². The Morgan fingerprint density at radius 3 is 2.19 bits per heavy atom. The molecular formula is C17H11Cl2NO. The maximum Gasteiger partial charge on any atom is 0.255 e.